The summed E-state index contributed by atoms with van der Waals surface area (Å²) in [5, 5.41) is 9.84. The number of rotatable bonds is 5. The van der Waals surface area contributed by atoms with E-state index in [-0.39, 0.29) is 11.6 Å². The first kappa shape index (κ1) is 20.0. The van der Waals surface area contributed by atoms with Crippen LogP contribution in [0.5, 0.6) is 0 Å². The van der Waals surface area contributed by atoms with Crippen LogP contribution in [-0.2, 0) is 13.2 Å². The van der Waals surface area contributed by atoms with E-state index in [4.69, 9.17) is 4.52 Å². The molecule has 1 unspecified atom stereocenters. The summed E-state index contributed by atoms with van der Waals surface area (Å²) >= 11 is 0. The first-order valence-corrected chi connectivity index (χ1v) is 9.44. The molecule has 30 heavy (non-hydrogen) atoms. The van der Waals surface area contributed by atoms with E-state index in [0.717, 1.165) is 28.8 Å². The third-order valence-corrected chi connectivity index (χ3v) is 5.13. The number of nitrogens with one attached hydrogen (secondary N) is 1. The molecule has 0 saturated heterocycles. The summed E-state index contributed by atoms with van der Waals surface area (Å²) in [7, 11) is 1.27. The fourth-order valence-corrected chi connectivity index (χ4v) is 3.19. The maximum atomic E-state index is 12.8. The van der Waals surface area contributed by atoms with Crippen molar-refractivity contribution in [2.45, 2.75) is 44.3 Å². The maximum absolute atomic E-state index is 12.8. The van der Waals surface area contributed by atoms with Gasteiger partial charge in [-0.05, 0) is 31.9 Å². The van der Waals surface area contributed by atoms with Gasteiger partial charge in [-0.3, -0.25) is 14.5 Å². The van der Waals surface area contributed by atoms with Gasteiger partial charge in [0.15, 0.2) is 5.69 Å². The topological polar surface area (TPSA) is 98.7 Å². The highest BCUT2D eigenvalue weighted by Crippen LogP contribution is 2.36. The third-order valence-electron chi connectivity index (χ3n) is 5.13. The summed E-state index contributed by atoms with van der Waals surface area (Å²) in [6.45, 7) is 1.60. The van der Waals surface area contributed by atoms with Crippen molar-refractivity contribution in [2.24, 2.45) is 7.05 Å². The van der Waals surface area contributed by atoms with Crippen LogP contribution in [0.1, 0.15) is 65.9 Å². The maximum Gasteiger partial charge on any atom is 0.435 e. The number of amides is 1. The molecule has 1 aliphatic rings. The smallest absolute Gasteiger partial charge is 0.339 e. The van der Waals surface area contributed by atoms with Gasteiger partial charge >= 0.3 is 6.18 Å². The molecule has 3 aromatic rings. The van der Waals surface area contributed by atoms with Crippen LogP contribution in [0, 0.1) is 0 Å². The second-order valence-electron chi connectivity index (χ2n) is 7.28. The average molecular weight is 420 g/mol. The Morgan fingerprint density at radius 3 is 2.73 bits per heavy atom. The van der Waals surface area contributed by atoms with Crippen molar-refractivity contribution in [3.8, 4) is 11.4 Å². The zero-order chi connectivity index (χ0) is 21.5. The standard InChI is InChI=1S/C19H19F3N6O2/c1-10(24-17(29)14-9-15(19(20,21)22)26-28(14)2)18-25-16(27-30-18)12-6-7-23-13(8-12)11-4-3-5-11/h6-11H,3-5H2,1-2H3,(H,24,29). The lowest BCUT2D eigenvalue weighted by atomic mass is 9.82. The third kappa shape index (κ3) is 3.91. The zero-order valence-corrected chi connectivity index (χ0v) is 16.3. The average Bonchev–Trinajstić information content (AvgIpc) is 3.27. The van der Waals surface area contributed by atoms with Gasteiger partial charge in [0.05, 0.1) is 0 Å². The molecule has 0 bridgehead atoms. The van der Waals surface area contributed by atoms with Gasteiger partial charge in [-0.1, -0.05) is 11.6 Å². The molecule has 11 heteroatoms. The second kappa shape index (κ2) is 7.54. The number of aromatic nitrogens is 5. The van der Waals surface area contributed by atoms with Crippen LogP contribution in [-0.4, -0.2) is 30.8 Å². The lowest BCUT2D eigenvalue weighted by Gasteiger charge is -2.24. The number of aryl methyl sites for hydroxylation is 1. The number of carbonyl (C=O) groups is 1. The summed E-state index contributed by atoms with van der Waals surface area (Å²) in [5.41, 5.74) is 0.376. The molecule has 158 valence electrons. The van der Waals surface area contributed by atoms with Gasteiger partial charge in [-0.25, -0.2) is 0 Å². The molecule has 0 aliphatic heterocycles. The Labute approximate surface area is 169 Å². The number of alkyl halides is 3. The number of nitrogens with zero attached hydrogens (tertiary/aromatic N) is 5. The van der Waals surface area contributed by atoms with E-state index in [9.17, 15) is 18.0 Å². The second-order valence-corrected chi connectivity index (χ2v) is 7.28. The highest BCUT2D eigenvalue weighted by atomic mass is 19.4. The van der Waals surface area contributed by atoms with Crippen LogP contribution >= 0.6 is 0 Å². The Bertz CT molecular complexity index is 1070. The normalized spacial score (nSPS) is 15.6. The predicted octanol–water partition coefficient (Wildman–Crippen LogP) is 3.64. The molecule has 0 aromatic carbocycles. The Morgan fingerprint density at radius 2 is 2.10 bits per heavy atom. The van der Waals surface area contributed by atoms with E-state index in [1.54, 1.807) is 19.2 Å². The Morgan fingerprint density at radius 1 is 1.33 bits per heavy atom. The van der Waals surface area contributed by atoms with Crippen molar-refractivity contribution < 1.29 is 22.5 Å². The molecular formula is C19H19F3N6O2. The molecule has 0 radical (unpaired) electrons. The number of hydrogen-bond acceptors (Lipinski definition) is 6. The largest absolute Gasteiger partial charge is 0.435 e. The van der Waals surface area contributed by atoms with Gasteiger partial charge in [-0.15, -0.1) is 0 Å². The number of pyridine rings is 1. The first-order chi connectivity index (χ1) is 14.2. The van der Waals surface area contributed by atoms with Crippen molar-refractivity contribution in [1.82, 2.24) is 30.2 Å². The van der Waals surface area contributed by atoms with Crippen LogP contribution in [0.3, 0.4) is 0 Å². The van der Waals surface area contributed by atoms with Gasteiger partial charge in [0.25, 0.3) is 5.91 Å². The summed E-state index contributed by atoms with van der Waals surface area (Å²) in [4.78, 5) is 21.1. The van der Waals surface area contributed by atoms with Crippen LogP contribution in [0.2, 0.25) is 0 Å². The Balaban J connectivity index is 1.47. The van der Waals surface area contributed by atoms with Gasteiger partial charge in [0.2, 0.25) is 11.7 Å². The molecule has 8 nitrogen and oxygen atoms in total. The Kier molecular flexibility index (Phi) is 5.04. The van der Waals surface area contributed by atoms with Crippen LogP contribution in [0.25, 0.3) is 11.4 Å². The summed E-state index contributed by atoms with van der Waals surface area (Å²) < 4.78 is 44.5. The number of halogens is 3. The van der Waals surface area contributed by atoms with Crippen molar-refractivity contribution in [1.29, 1.82) is 0 Å². The molecule has 3 aromatic heterocycles. The van der Waals surface area contributed by atoms with E-state index in [1.165, 1.54) is 13.5 Å². The fourth-order valence-electron chi connectivity index (χ4n) is 3.19. The van der Waals surface area contributed by atoms with Gasteiger partial charge in [-0.2, -0.15) is 23.3 Å². The Hall–Kier alpha value is -3.24. The van der Waals surface area contributed by atoms with Gasteiger partial charge in [0, 0.05) is 36.5 Å². The zero-order valence-electron chi connectivity index (χ0n) is 16.3. The monoisotopic (exact) mass is 420 g/mol. The molecule has 1 atom stereocenters. The fraction of sp³-hybridized carbons (Fsp3) is 0.421. The van der Waals surface area contributed by atoms with E-state index >= 15 is 0 Å². The van der Waals surface area contributed by atoms with Crippen LogP contribution < -0.4 is 5.32 Å². The van der Waals surface area contributed by atoms with Crippen molar-refractivity contribution >= 4 is 5.91 Å². The lowest BCUT2D eigenvalue weighted by molar-refractivity contribution is -0.141. The predicted molar refractivity (Wildman–Crippen MR) is 98.2 cm³/mol. The van der Waals surface area contributed by atoms with E-state index in [0.29, 0.717) is 17.8 Å². The molecular weight excluding hydrogens is 401 g/mol. The summed E-state index contributed by atoms with van der Waals surface area (Å²) in [6.07, 6.45) is 0.487. The van der Waals surface area contributed by atoms with Crippen molar-refractivity contribution in [3.05, 3.63) is 47.4 Å². The number of hydrogen-bond donors (Lipinski definition) is 1. The molecule has 1 fully saturated rings. The molecule has 1 aliphatic carbocycles. The van der Waals surface area contributed by atoms with Crippen molar-refractivity contribution in [2.75, 3.05) is 0 Å². The van der Waals surface area contributed by atoms with Crippen LogP contribution in [0.15, 0.2) is 28.9 Å². The summed E-state index contributed by atoms with van der Waals surface area (Å²) in [6, 6.07) is 3.68. The molecule has 3 heterocycles. The van der Waals surface area contributed by atoms with Crippen molar-refractivity contribution in [3.63, 3.8) is 0 Å². The quantitative estimate of drug-likeness (QED) is 0.677. The minimum atomic E-state index is -4.63. The minimum Gasteiger partial charge on any atom is -0.339 e. The highest BCUT2D eigenvalue weighted by Gasteiger charge is 2.35. The number of carbonyl (C=O) groups excluding carboxylic acids is 1. The van der Waals surface area contributed by atoms with E-state index < -0.39 is 23.8 Å². The van der Waals surface area contributed by atoms with Gasteiger partial charge in [0.1, 0.15) is 11.7 Å². The highest BCUT2D eigenvalue weighted by molar-refractivity contribution is 5.92. The lowest BCUT2D eigenvalue weighted by Crippen LogP contribution is -2.28. The molecule has 1 saturated carbocycles. The summed E-state index contributed by atoms with van der Waals surface area (Å²) in [5.74, 6) is 0.214. The molecule has 1 amide bonds. The van der Waals surface area contributed by atoms with E-state index in [1.807, 2.05) is 6.07 Å². The SMILES string of the molecule is CC(NC(=O)c1cc(C(F)(F)F)nn1C)c1nc(-c2ccnc(C3CCC3)c2)no1. The molecule has 4 rings (SSSR count). The van der Waals surface area contributed by atoms with E-state index in [2.05, 4.69) is 25.5 Å². The molecule has 0 spiro atoms. The first-order valence-electron chi connectivity index (χ1n) is 9.44. The minimum absolute atomic E-state index is 0.138. The van der Waals surface area contributed by atoms with Crippen LogP contribution in [0.4, 0.5) is 13.2 Å². The molecule has 1 N–H and O–H groups in total. The van der Waals surface area contributed by atoms with Gasteiger partial charge < -0.3 is 9.84 Å².